The zero-order valence-electron chi connectivity index (χ0n) is 18.5. The van der Waals surface area contributed by atoms with Gasteiger partial charge in [-0.1, -0.05) is 24.3 Å². The summed E-state index contributed by atoms with van der Waals surface area (Å²) in [4.78, 5) is 17.0. The molecule has 0 radical (unpaired) electrons. The molecule has 180 valence electrons. The highest BCUT2D eigenvalue weighted by molar-refractivity contribution is 5.75. The Bertz CT molecular complexity index is 1340. The number of halogens is 2. The Morgan fingerprint density at radius 2 is 1.97 bits per heavy atom. The number of benzene rings is 2. The summed E-state index contributed by atoms with van der Waals surface area (Å²) in [5.41, 5.74) is 2.06. The second-order valence-electron chi connectivity index (χ2n) is 8.13. The standard InChI is InChI=1S/C24H22F2N6O3/c25-24(26)35-20-8-2-7-19(21(20)34-14-15-9-10-15)32(13-17-5-3-11-27-23(17)33)18-6-1-4-16(12-18)22-28-30-31-29-22/h1-8,11-12,15,24H,9-10,13-14H2,(H,27,33)(H,28,29,30,31). The number of nitrogens with one attached hydrogen (secondary N) is 2. The maximum atomic E-state index is 13.2. The van der Waals surface area contributed by atoms with Crippen LogP contribution in [0.2, 0.25) is 0 Å². The molecule has 9 nitrogen and oxygen atoms in total. The SMILES string of the molecule is O=c1[nH]cccc1CN(c1cccc(-c2nn[nH]n2)c1)c1cccc(OC(F)F)c1OCC1CC1. The number of hydrogen-bond acceptors (Lipinski definition) is 7. The highest BCUT2D eigenvalue weighted by Crippen LogP contribution is 2.43. The van der Waals surface area contributed by atoms with Crippen LogP contribution < -0.4 is 19.9 Å². The third-order valence-electron chi connectivity index (χ3n) is 5.61. The van der Waals surface area contributed by atoms with Crippen molar-refractivity contribution >= 4 is 11.4 Å². The van der Waals surface area contributed by atoms with Gasteiger partial charge in [0.05, 0.1) is 18.8 Å². The number of aromatic nitrogens is 5. The lowest BCUT2D eigenvalue weighted by Gasteiger charge is -2.28. The highest BCUT2D eigenvalue weighted by Gasteiger charge is 2.26. The van der Waals surface area contributed by atoms with Gasteiger partial charge >= 0.3 is 6.61 Å². The zero-order chi connectivity index (χ0) is 24.2. The predicted molar refractivity (Wildman–Crippen MR) is 124 cm³/mol. The van der Waals surface area contributed by atoms with Gasteiger partial charge in [0.15, 0.2) is 11.5 Å². The molecule has 35 heavy (non-hydrogen) atoms. The normalized spacial score (nSPS) is 13.1. The maximum absolute atomic E-state index is 13.2. The average molecular weight is 480 g/mol. The van der Waals surface area contributed by atoms with Gasteiger partial charge in [0.25, 0.3) is 5.56 Å². The smallest absolute Gasteiger partial charge is 0.387 e. The quantitative estimate of drug-likeness (QED) is 0.349. The van der Waals surface area contributed by atoms with Gasteiger partial charge in [0.2, 0.25) is 5.82 Å². The van der Waals surface area contributed by atoms with Crippen molar-refractivity contribution in [3.05, 3.63) is 76.7 Å². The van der Waals surface area contributed by atoms with Crippen molar-refractivity contribution in [1.82, 2.24) is 25.6 Å². The molecular formula is C24H22F2N6O3. The van der Waals surface area contributed by atoms with Crippen molar-refractivity contribution in [2.75, 3.05) is 11.5 Å². The molecule has 5 rings (SSSR count). The van der Waals surface area contributed by atoms with E-state index >= 15 is 0 Å². The number of tetrazole rings is 1. The number of pyridine rings is 1. The number of anilines is 2. The van der Waals surface area contributed by atoms with Crippen LogP contribution in [0.5, 0.6) is 11.5 Å². The minimum Gasteiger partial charge on any atom is -0.487 e. The van der Waals surface area contributed by atoms with Gasteiger partial charge in [-0.3, -0.25) is 4.79 Å². The van der Waals surface area contributed by atoms with E-state index in [9.17, 15) is 13.6 Å². The van der Waals surface area contributed by atoms with Crippen LogP contribution in [0.15, 0.2) is 65.6 Å². The second-order valence-corrected chi connectivity index (χ2v) is 8.13. The largest absolute Gasteiger partial charge is 0.487 e. The number of para-hydroxylation sites is 1. The first-order valence-electron chi connectivity index (χ1n) is 11.1. The van der Waals surface area contributed by atoms with Crippen LogP contribution >= 0.6 is 0 Å². The fourth-order valence-corrected chi connectivity index (χ4v) is 3.70. The van der Waals surface area contributed by atoms with Crippen molar-refractivity contribution in [2.45, 2.75) is 26.0 Å². The van der Waals surface area contributed by atoms with E-state index in [1.54, 1.807) is 30.5 Å². The van der Waals surface area contributed by atoms with Crippen molar-refractivity contribution in [3.8, 4) is 22.9 Å². The van der Waals surface area contributed by atoms with E-state index in [0.29, 0.717) is 40.9 Å². The lowest BCUT2D eigenvalue weighted by Crippen LogP contribution is -2.23. The first-order valence-corrected chi connectivity index (χ1v) is 11.1. The maximum Gasteiger partial charge on any atom is 0.387 e. The van der Waals surface area contributed by atoms with E-state index < -0.39 is 6.61 Å². The van der Waals surface area contributed by atoms with Crippen LogP contribution in [0.4, 0.5) is 20.2 Å². The molecule has 11 heteroatoms. The molecule has 0 unspecified atom stereocenters. The summed E-state index contributed by atoms with van der Waals surface area (Å²) in [5, 5.41) is 14.1. The van der Waals surface area contributed by atoms with E-state index in [4.69, 9.17) is 9.47 Å². The van der Waals surface area contributed by atoms with E-state index in [0.717, 1.165) is 12.8 Å². The molecule has 2 N–H and O–H groups in total. The van der Waals surface area contributed by atoms with Gasteiger partial charge in [0, 0.05) is 23.0 Å². The fourth-order valence-electron chi connectivity index (χ4n) is 3.70. The number of H-pyrrole nitrogens is 2. The van der Waals surface area contributed by atoms with Crippen LogP contribution in [-0.4, -0.2) is 38.8 Å². The number of nitrogens with zero attached hydrogens (tertiary/aromatic N) is 4. The molecule has 4 aromatic rings. The van der Waals surface area contributed by atoms with Crippen LogP contribution in [0, 0.1) is 5.92 Å². The number of alkyl halides is 2. The molecule has 0 aliphatic heterocycles. The highest BCUT2D eigenvalue weighted by atomic mass is 19.3. The van der Waals surface area contributed by atoms with Gasteiger partial charge in [0.1, 0.15) is 0 Å². The molecule has 0 saturated heterocycles. The Morgan fingerprint density at radius 3 is 2.71 bits per heavy atom. The van der Waals surface area contributed by atoms with Gasteiger partial charge in [-0.2, -0.15) is 14.0 Å². The molecule has 1 saturated carbocycles. The topological polar surface area (TPSA) is 109 Å². The summed E-state index contributed by atoms with van der Waals surface area (Å²) >= 11 is 0. The molecule has 1 aliphatic carbocycles. The summed E-state index contributed by atoms with van der Waals surface area (Å²) in [7, 11) is 0. The van der Waals surface area contributed by atoms with Crippen molar-refractivity contribution in [3.63, 3.8) is 0 Å². The first-order chi connectivity index (χ1) is 17.1. The van der Waals surface area contributed by atoms with Crippen molar-refractivity contribution in [2.24, 2.45) is 5.92 Å². The van der Waals surface area contributed by atoms with E-state index in [1.165, 1.54) is 6.07 Å². The molecule has 2 heterocycles. The lowest BCUT2D eigenvalue weighted by atomic mass is 10.1. The average Bonchev–Trinajstić information content (AvgIpc) is 3.52. The lowest BCUT2D eigenvalue weighted by molar-refractivity contribution is -0.0514. The fraction of sp³-hybridized carbons (Fsp3) is 0.250. The van der Waals surface area contributed by atoms with Crippen LogP contribution in [0.3, 0.4) is 0 Å². The van der Waals surface area contributed by atoms with Crippen molar-refractivity contribution in [1.29, 1.82) is 0 Å². The van der Waals surface area contributed by atoms with Crippen molar-refractivity contribution < 1.29 is 18.3 Å². The molecule has 0 atom stereocenters. The van der Waals surface area contributed by atoms with Crippen LogP contribution in [0.25, 0.3) is 11.4 Å². The first kappa shape index (κ1) is 22.5. The summed E-state index contributed by atoms with van der Waals surface area (Å²) in [5.74, 6) is 0.898. The number of ether oxygens (including phenoxy) is 2. The van der Waals surface area contributed by atoms with E-state index in [2.05, 4.69) is 25.6 Å². The molecule has 2 aromatic heterocycles. The Balaban J connectivity index is 1.62. The monoisotopic (exact) mass is 480 g/mol. The Labute approximate surface area is 198 Å². The molecular weight excluding hydrogens is 458 g/mol. The minimum absolute atomic E-state index is 0.0700. The summed E-state index contributed by atoms with van der Waals surface area (Å²) in [6.07, 6.45) is 3.61. The van der Waals surface area contributed by atoms with Crippen LogP contribution in [-0.2, 0) is 6.54 Å². The molecule has 0 amide bonds. The number of aromatic amines is 2. The Morgan fingerprint density at radius 1 is 1.11 bits per heavy atom. The third kappa shape index (κ3) is 5.29. The zero-order valence-corrected chi connectivity index (χ0v) is 18.5. The summed E-state index contributed by atoms with van der Waals surface area (Å²) in [6, 6.07) is 15.5. The van der Waals surface area contributed by atoms with Crippen LogP contribution in [0.1, 0.15) is 18.4 Å². The third-order valence-corrected chi connectivity index (χ3v) is 5.61. The molecule has 0 bridgehead atoms. The number of hydrogen-bond donors (Lipinski definition) is 2. The second kappa shape index (κ2) is 9.92. The molecule has 0 spiro atoms. The predicted octanol–water partition coefficient (Wildman–Crippen LogP) is 4.28. The van der Waals surface area contributed by atoms with Gasteiger partial charge in [-0.05, 0) is 54.3 Å². The Hall–Kier alpha value is -4.28. The van der Waals surface area contributed by atoms with E-state index in [-0.39, 0.29) is 23.6 Å². The minimum atomic E-state index is -3.01. The van der Waals surface area contributed by atoms with Gasteiger partial charge in [-0.25, -0.2) is 0 Å². The van der Waals surface area contributed by atoms with Gasteiger partial charge in [-0.15, -0.1) is 10.2 Å². The molecule has 1 fully saturated rings. The molecule has 2 aromatic carbocycles. The number of rotatable bonds is 10. The Kier molecular flexibility index (Phi) is 6.38. The molecule has 1 aliphatic rings. The summed E-state index contributed by atoms with van der Waals surface area (Å²) < 4.78 is 37.3. The van der Waals surface area contributed by atoms with Gasteiger partial charge < -0.3 is 19.4 Å². The van der Waals surface area contributed by atoms with E-state index in [1.807, 2.05) is 29.2 Å². The summed E-state index contributed by atoms with van der Waals surface area (Å²) in [6.45, 7) is -2.48.